The second kappa shape index (κ2) is 9.23. The lowest BCUT2D eigenvalue weighted by Gasteiger charge is -2.07. The molecule has 0 unspecified atom stereocenters. The lowest BCUT2D eigenvalue weighted by atomic mass is 10.2. The second-order valence-electron chi connectivity index (χ2n) is 5.69. The summed E-state index contributed by atoms with van der Waals surface area (Å²) in [6, 6.07) is 12.2. The number of halogens is 2. The van der Waals surface area contributed by atoms with Crippen LogP contribution in [0, 0.1) is 0 Å². The van der Waals surface area contributed by atoms with Crippen molar-refractivity contribution in [2.75, 3.05) is 6.61 Å². The van der Waals surface area contributed by atoms with Crippen molar-refractivity contribution in [2.24, 2.45) is 17.2 Å². The first-order chi connectivity index (χ1) is 12.8. The standard InChI is InChI=1S/C18H18ClN3O3S2.BrH/c1-3-25-14-7-5-13(6-8-14)21-18-22(2)16(11-26-18)12-4-9-15(19)17(10-12)27(20,23)24;/h4-11H,3H2,1-2H3,(H2,20,23,24);1H/b21-18-;. The van der Waals surface area contributed by atoms with Gasteiger partial charge >= 0.3 is 0 Å². The Morgan fingerprint density at radius 1 is 1.21 bits per heavy atom. The highest BCUT2D eigenvalue weighted by Gasteiger charge is 2.15. The smallest absolute Gasteiger partial charge is 0.239 e. The Morgan fingerprint density at radius 2 is 1.89 bits per heavy atom. The zero-order chi connectivity index (χ0) is 19.6. The predicted octanol–water partition coefficient (Wildman–Crippen LogP) is 4.26. The zero-order valence-electron chi connectivity index (χ0n) is 15.1. The summed E-state index contributed by atoms with van der Waals surface area (Å²) in [6.07, 6.45) is 0. The number of primary sulfonamides is 1. The molecule has 10 heteroatoms. The highest BCUT2D eigenvalue weighted by atomic mass is 79.9. The Labute approximate surface area is 183 Å². The molecule has 0 radical (unpaired) electrons. The van der Waals surface area contributed by atoms with Crippen molar-refractivity contribution < 1.29 is 13.2 Å². The number of thiazole rings is 1. The van der Waals surface area contributed by atoms with E-state index < -0.39 is 10.0 Å². The van der Waals surface area contributed by atoms with Crippen LogP contribution in [0.3, 0.4) is 0 Å². The van der Waals surface area contributed by atoms with E-state index in [-0.39, 0.29) is 26.9 Å². The highest BCUT2D eigenvalue weighted by molar-refractivity contribution is 8.93. The van der Waals surface area contributed by atoms with Gasteiger partial charge in [0.15, 0.2) is 4.80 Å². The average molecular weight is 505 g/mol. The fraction of sp³-hybridized carbons (Fsp3) is 0.167. The van der Waals surface area contributed by atoms with Gasteiger partial charge in [0.05, 0.1) is 23.0 Å². The van der Waals surface area contributed by atoms with Crippen molar-refractivity contribution >= 4 is 55.6 Å². The number of hydrogen-bond donors (Lipinski definition) is 1. The summed E-state index contributed by atoms with van der Waals surface area (Å²) in [5.41, 5.74) is 2.30. The van der Waals surface area contributed by atoms with Crippen molar-refractivity contribution in [1.82, 2.24) is 4.57 Å². The van der Waals surface area contributed by atoms with Crippen LogP contribution in [0.4, 0.5) is 5.69 Å². The van der Waals surface area contributed by atoms with E-state index in [0.717, 1.165) is 21.9 Å². The molecule has 0 bridgehead atoms. The molecule has 0 aliphatic carbocycles. The molecule has 1 heterocycles. The van der Waals surface area contributed by atoms with Gasteiger partial charge in [-0.05, 0) is 43.3 Å². The molecule has 0 amide bonds. The molecule has 28 heavy (non-hydrogen) atoms. The fourth-order valence-electron chi connectivity index (χ4n) is 2.51. The Balaban J connectivity index is 0.00000280. The molecule has 0 saturated carbocycles. The van der Waals surface area contributed by atoms with E-state index in [2.05, 4.69) is 4.99 Å². The van der Waals surface area contributed by atoms with Crippen LogP contribution in [-0.2, 0) is 17.1 Å². The van der Waals surface area contributed by atoms with Crippen LogP contribution in [0.2, 0.25) is 5.02 Å². The summed E-state index contributed by atoms with van der Waals surface area (Å²) >= 11 is 7.41. The van der Waals surface area contributed by atoms with E-state index >= 15 is 0 Å². The van der Waals surface area contributed by atoms with Gasteiger partial charge in [0.2, 0.25) is 10.0 Å². The highest BCUT2D eigenvalue weighted by Crippen LogP contribution is 2.28. The molecule has 1 aromatic heterocycles. The summed E-state index contributed by atoms with van der Waals surface area (Å²) < 4.78 is 30.7. The minimum atomic E-state index is -3.90. The third-order valence-corrected chi connectivity index (χ3v) is 6.14. The minimum absolute atomic E-state index is 0. The molecule has 0 fully saturated rings. The van der Waals surface area contributed by atoms with Gasteiger partial charge in [-0.3, -0.25) is 0 Å². The molecule has 3 rings (SSSR count). The Hall–Kier alpha value is -1.65. The number of nitrogens with zero attached hydrogens (tertiary/aromatic N) is 2. The van der Waals surface area contributed by atoms with Gasteiger partial charge in [-0.15, -0.1) is 28.3 Å². The Kier molecular flexibility index (Phi) is 7.46. The summed E-state index contributed by atoms with van der Waals surface area (Å²) in [5.74, 6) is 0.796. The molecule has 0 atom stereocenters. The first-order valence-corrected chi connectivity index (χ1v) is 10.8. The van der Waals surface area contributed by atoms with E-state index in [1.165, 1.54) is 23.5 Å². The summed E-state index contributed by atoms with van der Waals surface area (Å²) in [5, 5.41) is 7.24. The quantitative estimate of drug-likeness (QED) is 0.563. The molecule has 150 valence electrons. The number of ether oxygens (including phenoxy) is 1. The number of hydrogen-bond acceptors (Lipinski definition) is 5. The fourth-order valence-corrected chi connectivity index (χ4v) is 4.50. The Bertz CT molecular complexity index is 1140. The number of rotatable bonds is 5. The topological polar surface area (TPSA) is 86.7 Å². The van der Waals surface area contributed by atoms with Crippen molar-refractivity contribution in [3.8, 4) is 17.0 Å². The van der Waals surface area contributed by atoms with E-state index in [9.17, 15) is 8.42 Å². The van der Waals surface area contributed by atoms with Gasteiger partial charge < -0.3 is 9.30 Å². The van der Waals surface area contributed by atoms with Crippen molar-refractivity contribution in [3.63, 3.8) is 0 Å². The van der Waals surface area contributed by atoms with Gasteiger partial charge in [0, 0.05) is 18.0 Å². The van der Waals surface area contributed by atoms with Gasteiger partial charge in [-0.1, -0.05) is 17.7 Å². The number of aromatic nitrogens is 1. The van der Waals surface area contributed by atoms with Crippen LogP contribution in [0.15, 0.2) is 57.7 Å². The molecule has 0 aliphatic heterocycles. The maximum Gasteiger partial charge on any atom is 0.239 e. The van der Waals surface area contributed by atoms with E-state index in [1.807, 2.05) is 48.2 Å². The molecule has 2 N–H and O–H groups in total. The van der Waals surface area contributed by atoms with E-state index in [1.54, 1.807) is 6.07 Å². The third-order valence-electron chi connectivity index (χ3n) is 3.83. The van der Waals surface area contributed by atoms with Crippen LogP contribution >= 0.6 is 39.9 Å². The number of benzene rings is 2. The van der Waals surface area contributed by atoms with Gasteiger partial charge in [-0.25, -0.2) is 18.5 Å². The molecule has 0 spiro atoms. The van der Waals surface area contributed by atoms with Crippen LogP contribution in [0.1, 0.15) is 6.92 Å². The molecular weight excluding hydrogens is 486 g/mol. The molecular formula is C18H19BrClN3O3S2. The van der Waals surface area contributed by atoms with Crippen molar-refractivity contribution in [2.45, 2.75) is 11.8 Å². The largest absolute Gasteiger partial charge is 0.494 e. The molecule has 0 saturated heterocycles. The molecule has 3 aromatic rings. The molecule has 6 nitrogen and oxygen atoms in total. The second-order valence-corrected chi connectivity index (χ2v) is 8.47. The SMILES string of the molecule is Br.CCOc1ccc(/N=c2\scc(-c3ccc(Cl)c(S(N)(=O)=O)c3)n2C)cc1. The lowest BCUT2D eigenvalue weighted by molar-refractivity contribution is 0.340. The van der Waals surface area contributed by atoms with Crippen molar-refractivity contribution in [1.29, 1.82) is 0 Å². The van der Waals surface area contributed by atoms with Gasteiger partial charge in [-0.2, -0.15) is 0 Å². The van der Waals surface area contributed by atoms with Crippen LogP contribution in [0.5, 0.6) is 5.75 Å². The number of sulfonamides is 1. The third kappa shape index (κ3) is 5.03. The normalized spacial score (nSPS) is 11.9. The van der Waals surface area contributed by atoms with Gasteiger partial charge in [0.1, 0.15) is 10.6 Å². The first kappa shape index (κ1) is 22.6. The lowest BCUT2D eigenvalue weighted by Crippen LogP contribution is -2.13. The predicted molar refractivity (Wildman–Crippen MR) is 118 cm³/mol. The zero-order valence-corrected chi connectivity index (χ0v) is 19.2. The summed E-state index contributed by atoms with van der Waals surface area (Å²) in [6.45, 7) is 2.55. The monoisotopic (exact) mass is 503 g/mol. The average Bonchev–Trinajstić information content (AvgIpc) is 2.97. The molecule has 0 aliphatic rings. The van der Waals surface area contributed by atoms with Crippen LogP contribution < -0.4 is 14.7 Å². The number of nitrogens with two attached hydrogens (primary N) is 1. The summed E-state index contributed by atoms with van der Waals surface area (Å²) in [4.78, 5) is 5.30. The maximum atomic E-state index is 11.7. The Morgan fingerprint density at radius 3 is 2.50 bits per heavy atom. The maximum absolute atomic E-state index is 11.7. The first-order valence-electron chi connectivity index (χ1n) is 8.04. The van der Waals surface area contributed by atoms with Crippen LogP contribution in [-0.4, -0.2) is 19.6 Å². The molecule has 2 aromatic carbocycles. The van der Waals surface area contributed by atoms with Crippen LogP contribution in [0.25, 0.3) is 11.3 Å². The summed E-state index contributed by atoms with van der Waals surface area (Å²) in [7, 11) is -2.04. The van der Waals surface area contributed by atoms with Gasteiger partial charge in [0.25, 0.3) is 0 Å². The minimum Gasteiger partial charge on any atom is -0.494 e. The van der Waals surface area contributed by atoms with E-state index in [4.69, 9.17) is 21.5 Å². The van der Waals surface area contributed by atoms with E-state index in [0.29, 0.717) is 12.2 Å². The van der Waals surface area contributed by atoms with Crippen molar-refractivity contribution in [3.05, 3.63) is 57.7 Å².